The van der Waals surface area contributed by atoms with Gasteiger partial charge in [0.25, 0.3) is 0 Å². The number of para-hydroxylation sites is 3. The molecule has 0 aliphatic heterocycles. The van der Waals surface area contributed by atoms with Gasteiger partial charge in [-0.2, -0.15) is 0 Å². The minimum atomic E-state index is 0.764. The summed E-state index contributed by atoms with van der Waals surface area (Å²) in [4.78, 5) is 20.4. The van der Waals surface area contributed by atoms with Gasteiger partial charge < -0.3 is 9.13 Å². The summed E-state index contributed by atoms with van der Waals surface area (Å²) < 4.78 is 9.60. The van der Waals surface area contributed by atoms with E-state index in [1.165, 1.54) is 33.0 Å². The summed E-state index contributed by atoms with van der Waals surface area (Å²) in [5.41, 5.74) is 19.1. The lowest BCUT2D eigenvalue weighted by atomic mass is 9.92. The highest BCUT2D eigenvalue weighted by Gasteiger charge is 2.31. The van der Waals surface area contributed by atoms with Crippen molar-refractivity contribution >= 4 is 87.2 Å². The predicted octanol–water partition coefficient (Wildman–Crippen LogP) is 18.3. The van der Waals surface area contributed by atoms with Crippen LogP contribution in [0.2, 0.25) is 0 Å². The van der Waals surface area contributed by atoms with E-state index < -0.39 is 0 Å². The van der Waals surface area contributed by atoms with E-state index in [4.69, 9.17) is 19.9 Å². The largest absolute Gasteiger partial charge is 0.309 e. The first-order chi connectivity index (χ1) is 40.8. The zero-order valence-electron chi connectivity index (χ0n) is 44.1. The highest BCUT2D eigenvalue weighted by molar-refractivity contribution is 6.21. The van der Waals surface area contributed by atoms with Crippen LogP contribution in [0.25, 0.3) is 155 Å². The van der Waals surface area contributed by atoms with Gasteiger partial charge in [-0.25, -0.2) is 4.98 Å². The Hall–Kier alpha value is -11.2. The molecule has 8 aromatic heterocycles. The van der Waals surface area contributed by atoms with Gasteiger partial charge in [-0.15, -0.1) is 0 Å². The minimum absolute atomic E-state index is 0.764. The molecule has 8 nitrogen and oxygen atoms in total. The van der Waals surface area contributed by atoms with Gasteiger partial charge in [-0.3, -0.25) is 24.1 Å². The molecule has 0 aliphatic carbocycles. The first-order valence-corrected chi connectivity index (χ1v) is 27.7. The molecular weight excluding hydrogens is 1000 g/mol. The van der Waals surface area contributed by atoms with Crippen molar-refractivity contribution in [2.24, 2.45) is 0 Å². The Morgan fingerprint density at radius 2 is 0.622 bits per heavy atom. The molecule has 17 rings (SSSR count). The molecule has 0 radical (unpaired) electrons. The second-order valence-electron chi connectivity index (χ2n) is 21.0. The molecule has 0 aliphatic rings. The molecule has 0 saturated heterocycles. The average Bonchev–Trinajstić information content (AvgIpc) is 2.75. The Balaban J connectivity index is 1.04. The molecule has 9 aromatic carbocycles. The summed E-state index contributed by atoms with van der Waals surface area (Å²) in [6.07, 6.45) is 11.6. The third-order valence-corrected chi connectivity index (χ3v) is 16.7. The maximum atomic E-state index is 6.26. The van der Waals surface area contributed by atoms with Crippen LogP contribution < -0.4 is 0 Å². The smallest absolute Gasteiger partial charge is 0.165 e. The van der Waals surface area contributed by atoms with Gasteiger partial charge in [0.05, 0.1) is 49.8 Å². The summed E-state index contributed by atoms with van der Waals surface area (Å²) in [5.74, 6) is 1.54. The first-order valence-electron chi connectivity index (χ1n) is 27.7. The van der Waals surface area contributed by atoms with Crippen molar-refractivity contribution in [2.45, 2.75) is 0 Å². The number of pyridine rings is 4. The molecule has 0 unspecified atom stereocenters. The summed E-state index contributed by atoms with van der Waals surface area (Å²) in [6.45, 7) is 0. The molecule has 0 bridgehead atoms. The summed E-state index contributed by atoms with van der Waals surface area (Å²) in [6, 6.07) is 87.5. The van der Waals surface area contributed by atoms with E-state index in [-0.39, 0.29) is 0 Å². The Morgan fingerprint density at radius 1 is 0.244 bits per heavy atom. The third-order valence-electron chi connectivity index (χ3n) is 16.7. The molecule has 0 atom stereocenters. The molecule has 8 heteroatoms. The summed E-state index contributed by atoms with van der Waals surface area (Å²) in [5, 5.41) is 8.85. The zero-order chi connectivity index (χ0) is 53.8. The van der Waals surface area contributed by atoms with Crippen LogP contribution in [0.3, 0.4) is 0 Å². The summed E-state index contributed by atoms with van der Waals surface area (Å²) in [7, 11) is 0. The fraction of sp³-hybridized carbons (Fsp3) is 0. The van der Waals surface area contributed by atoms with Crippen molar-refractivity contribution in [3.63, 3.8) is 0 Å². The van der Waals surface area contributed by atoms with Crippen LogP contribution in [-0.4, -0.2) is 38.2 Å². The van der Waals surface area contributed by atoms with E-state index >= 15 is 0 Å². The Bertz CT molecular complexity index is 5120. The van der Waals surface area contributed by atoms with E-state index in [0.29, 0.717) is 0 Å². The molecule has 8 heterocycles. The van der Waals surface area contributed by atoms with Crippen LogP contribution in [0, 0.1) is 0 Å². The van der Waals surface area contributed by atoms with Crippen LogP contribution in [0.15, 0.2) is 280 Å². The monoisotopic (exact) mass is 1050 g/mol. The topological polar surface area (TPSA) is 71.3 Å². The lowest BCUT2D eigenvalue weighted by Crippen LogP contribution is -2.13. The van der Waals surface area contributed by atoms with E-state index in [9.17, 15) is 0 Å². The number of hydrogen-bond donors (Lipinski definition) is 0. The SMILES string of the molecule is c1ccc(-c2c(-c3ccc(-n4c5cccc(-c6ccccc6)c5c5c(-c6ccccc6)cccc54)cc3)c(-n3c4ccccc4c4cnccc43)nc(-n3c4ccccc4c4cnccc43)c2-n2c3ccccc3c3cnccc32)cc1. The second-order valence-corrected chi connectivity index (χ2v) is 21.0. The second kappa shape index (κ2) is 18.2. The number of hydrogen-bond acceptors (Lipinski definition) is 4. The van der Waals surface area contributed by atoms with Gasteiger partial charge >= 0.3 is 0 Å². The van der Waals surface area contributed by atoms with Gasteiger partial charge in [0, 0.05) is 97.1 Å². The zero-order valence-corrected chi connectivity index (χ0v) is 44.1. The summed E-state index contributed by atoms with van der Waals surface area (Å²) >= 11 is 0. The van der Waals surface area contributed by atoms with Gasteiger partial charge in [0.1, 0.15) is 5.82 Å². The number of benzene rings is 9. The Labute approximate surface area is 470 Å². The van der Waals surface area contributed by atoms with Crippen molar-refractivity contribution in [2.75, 3.05) is 0 Å². The number of aromatic nitrogens is 8. The normalized spacial score (nSPS) is 11.9. The van der Waals surface area contributed by atoms with Crippen molar-refractivity contribution in [1.29, 1.82) is 0 Å². The van der Waals surface area contributed by atoms with Crippen LogP contribution in [-0.2, 0) is 0 Å². The number of nitrogens with zero attached hydrogens (tertiary/aromatic N) is 8. The first kappa shape index (κ1) is 45.8. The fourth-order valence-corrected chi connectivity index (χ4v) is 13.3. The van der Waals surface area contributed by atoms with E-state index in [1.807, 2.05) is 37.2 Å². The molecular formula is C74H46N8. The fourth-order valence-electron chi connectivity index (χ4n) is 13.3. The quantitative estimate of drug-likeness (QED) is 0.152. The van der Waals surface area contributed by atoms with Gasteiger partial charge in [-0.05, 0) is 94.0 Å². The van der Waals surface area contributed by atoms with E-state index in [0.717, 1.165) is 122 Å². The molecule has 0 saturated carbocycles. The lowest BCUT2D eigenvalue weighted by molar-refractivity contribution is 0.985. The molecule has 17 aromatic rings. The van der Waals surface area contributed by atoms with Crippen LogP contribution in [0.5, 0.6) is 0 Å². The number of fused-ring (bicyclic) bond motifs is 12. The average molecular weight is 1050 g/mol. The molecule has 82 heavy (non-hydrogen) atoms. The lowest BCUT2D eigenvalue weighted by Gasteiger charge is -2.26. The predicted molar refractivity (Wildman–Crippen MR) is 337 cm³/mol. The molecule has 0 fully saturated rings. The highest BCUT2D eigenvalue weighted by atomic mass is 15.2. The molecule has 382 valence electrons. The van der Waals surface area contributed by atoms with Crippen LogP contribution in [0.4, 0.5) is 0 Å². The Kier molecular flexibility index (Phi) is 10.1. The molecule has 0 amide bonds. The Morgan fingerprint density at radius 3 is 1.11 bits per heavy atom. The van der Waals surface area contributed by atoms with Crippen molar-refractivity contribution in [1.82, 2.24) is 38.2 Å². The van der Waals surface area contributed by atoms with Crippen molar-refractivity contribution < 1.29 is 0 Å². The third kappa shape index (κ3) is 6.72. The van der Waals surface area contributed by atoms with Gasteiger partial charge in [-0.1, -0.05) is 182 Å². The maximum absolute atomic E-state index is 6.26. The van der Waals surface area contributed by atoms with Crippen LogP contribution >= 0.6 is 0 Å². The van der Waals surface area contributed by atoms with Crippen molar-refractivity contribution in [3.8, 4) is 67.5 Å². The maximum Gasteiger partial charge on any atom is 0.165 e. The van der Waals surface area contributed by atoms with Crippen molar-refractivity contribution in [3.05, 3.63) is 280 Å². The molecule has 0 N–H and O–H groups in total. The van der Waals surface area contributed by atoms with Gasteiger partial charge in [0.2, 0.25) is 0 Å². The molecule has 0 spiro atoms. The standard InChI is InChI=1S/C74H46N8/c1-4-18-47(19-5-1)52-27-16-32-66-70(52)71-53(48-20-6-2-7-21-48)28-17-33-67(71)79(66)51-36-34-50(35-37-51)69-68(49-22-8-3-9-23-49)72(80-60-29-13-10-24-54(60)57-44-75-41-38-63(57)80)74(82-62-31-15-12-26-56(62)59-46-77-43-40-65(59)82)78-73(69)81-61-30-14-11-25-55(61)58-45-76-42-39-64(58)81/h1-46H. The van der Waals surface area contributed by atoms with Gasteiger partial charge in [0.15, 0.2) is 5.82 Å². The van der Waals surface area contributed by atoms with E-state index in [1.54, 1.807) is 0 Å². The highest BCUT2D eigenvalue weighted by Crippen LogP contribution is 2.50. The van der Waals surface area contributed by atoms with E-state index in [2.05, 4.69) is 261 Å². The number of rotatable bonds is 8. The minimum Gasteiger partial charge on any atom is -0.309 e. The van der Waals surface area contributed by atoms with Crippen LogP contribution in [0.1, 0.15) is 0 Å².